The summed E-state index contributed by atoms with van der Waals surface area (Å²) in [6.07, 6.45) is 2.84. The van der Waals surface area contributed by atoms with E-state index in [1.807, 2.05) is 24.3 Å². The molecule has 3 aromatic rings. The van der Waals surface area contributed by atoms with E-state index in [4.69, 9.17) is 0 Å². The van der Waals surface area contributed by atoms with E-state index in [1.165, 1.54) is 27.7 Å². The number of benzene rings is 2. The minimum absolute atomic E-state index is 0.000715. The van der Waals surface area contributed by atoms with Gasteiger partial charge >= 0.3 is 0 Å². The van der Waals surface area contributed by atoms with E-state index < -0.39 is 0 Å². The molecule has 2 N–H and O–H groups in total. The van der Waals surface area contributed by atoms with Crippen molar-refractivity contribution in [3.8, 4) is 0 Å². The van der Waals surface area contributed by atoms with Crippen LogP contribution in [0.3, 0.4) is 0 Å². The van der Waals surface area contributed by atoms with Gasteiger partial charge in [-0.1, -0.05) is 33.6 Å². The van der Waals surface area contributed by atoms with E-state index in [-0.39, 0.29) is 11.9 Å². The van der Waals surface area contributed by atoms with Crippen LogP contribution in [0.25, 0.3) is 10.9 Å². The smallest absolute Gasteiger partial charge is 0.251 e. The predicted molar refractivity (Wildman–Crippen MR) is 100 cm³/mol. The summed E-state index contributed by atoms with van der Waals surface area (Å²) in [5, 5.41) is 4.50. The Kier molecular flexibility index (Phi) is 3.93. The SMILES string of the molecule is Cc1ccc2[nH]c3c(c2c1)CC(NC(=O)c1cccc(Br)c1)CC3. The molecular weight excluding hydrogens is 364 g/mol. The number of aromatic nitrogens is 1. The molecule has 0 bridgehead atoms. The highest BCUT2D eigenvalue weighted by Gasteiger charge is 2.24. The van der Waals surface area contributed by atoms with Crippen LogP contribution in [-0.4, -0.2) is 16.9 Å². The third kappa shape index (κ3) is 2.86. The number of fused-ring (bicyclic) bond motifs is 3. The number of carbonyl (C=O) groups excluding carboxylic acids is 1. The Morgan fingerprint density at radius 1 is 1.25 bits per heavy atom. The van der Waals surface area contributed by atoms with Gasteiger partial charge in [0, 0.05) is 32.7 Å². The lowest BCUT2D eigenvalue weighted by atomic mass is 9.91. The second-order valence-corrected chi connectivity index (χ2v) is 7.47. The standard InChI is InChI=1S/C20H19BrN2O/c1-12-5-7-18-16(9-12)17-11-15(6-8-19(17)23-18)22-20(24)13-3-2-4-14(21)10-13/h2-5,7,9-10,15,23H,6,8,11H2,1H3,(H,22,24). The summed E-state index contributed by atoms with van der Waals surface area (Å²) in [4.78, 5) is 16.0. The maximum absolute atomic E-state index is 12.5. The Labute approximate surface area is 149 Å². The van der Waals surface area contributed by atoms with Gasteiger partial charge in [-0.3, -0.25) is 4.79 Å². The fourth-order valence-electron chi connectivity index (χ4n) is 3.55. The number of amides is 1. The van der Waals surface area contributed by atoms with Crippen LogP contribution >= 0.6 is 15.9 Å². The lowest BCUT2D eigenvalue weighted by Gasteiger charge is -2.23. The van der Waals surface area contributed by atoms with Crippen molar-refractivity contribution < 1.29 is 4.79 Å². The molecule has 0 saturated heterocycles. The van der Waals surface area contributed by atoms with Crippen molar-refractivity contribution in [1.82, 2.24) is 10.3 Å². The first-order chi connectivity index (χ1) is 11.6. The van der Waals surface area contributed by atoms with Gasteiger partial charge in [0.05, 0.1) is 0 Å². The van der Waals surface area contributed by atoms with Gasteiger partial charge in [0.25, 0.3) is 5.91 Å². The average molecular weight is 383 g/mol. The number of hydrogen-bond donors (Lipinski definition) is 2. The first kappa shape index (κ1) is 15.5. The van der Waals surface area contributed by atoms with Crippen molar-refractivity contribution >= 4 is 32.7 Å². The van der Waals surface area contributed by atoms with Crippen LogP contribution in [0.2, 0.25) is 0 Å². The van der Waals surface area contributed by atoms with Crippen molar-refractivity contribution in [3.63, 3.8) is 0 Å². The molecule has 0 saturated carbocycles. The van der Waals surface area contributed by atoms with Crippen LogP contribution in [0, 0.1) is 6.92 Å². The first-order valence-electron chi connectivity index (χ1n) is 8.26. The summed E-state index contributed by atoms with van der Waals surface area (Å²) in [5.74, 6) is 0.000715. The molecule has 3 nitrogen and oxygen atoms in total. The molecule has 24 heavy (non-hydrogen) atoms. The summed E-state index contributed by atoms with van der Waals surface area (Å²) < 4.78 is 0.924. The molecule has 1 unspecified atom stereocenters. The van der Waals surface area contributed by atoms with Gasteiger partial charge in [-0.15, -0.1) is 0 Å². The zero-order valence-corrected chi connectivity index (χ0v) is 15.1. The Bertz CT molecular complexity index is 929. The minimum atomic E-state index is 0.000715. The molecule has 0 aliphatic heterocycles. The maximum atomic E-state index is 12.5. The molecular formula is C20H19BrN2O. The van der Waals surface area contributed by atoms with Crippen LogP contribution in [0.15, 0.2) is 46.9 Å². The Hall–Kier alpha value is -2.07. The van der Waals surface area contributed by atoms with Crippen molar-refractivity contribution in [1.29, 1.82) is 0 Å². The zero-order valence-electron chi connectivity index (χ0n) is 13.5. The van der Waals surface area contributed by atoms with Crippen LogP contribution in [0.4, 0.5) is 0 Å². The molecule has 4 rings (SSSR count). The molecule has 1 amide bonds. The number of rotatable bonds is 2. The highest BCUT2D eigenvalue weighted by Crippen LogP contribution is 2.30. The summed E-state index contributed by atoms with van der Waals surface area (Å²) >= 11 is 3.42. The van der Waals surface area contributed by atoms with Crippen molar-refractivity contribution in [3.05, 3.63) is 69.3 Å². The monoisotopic (exact) mass is 382 g/mol. The zero-order chi connectivity index (χ0) is 16.7. The number of H-pyrrole nitrogens is 1. The highest BCUT2D eigenvalue weighted by molar-refractivity contribution is 9.10. The quantitative estimate of drug-likeness (QED) is 0.671. The lowest BCUT2D eigenvalue weighted by molar-refractivity contribution is 0.0933. The molecule has 1 aromatic heterocycles. The molecule has 1 aliphatic carbocycles. The van der Waals surface area contributed by atoms with Crippen LogP contribution in [0.5, 0.6) is 0 Å². The molecule has 2 aromatic carbocycles. The summed E-state index contributed by atoms with van der Waals surface area (Å²) in [6, 6.07) is 14.2. The Morgan fingerprint density at radius 2 is 2.12 bits per heavy atom. The van der Waals surface area contributed by atoms with E-state index in [0.29, 0.717) is 5.56 Å². The van der Waals surface area contributed by atoms with Crippen LogP contribution in [0.1, 0.15) is 33.6 Å². The lowest BCUT2D eigenvalue weighted by Crippen LogP contribution is -2.38. The highest BCUT2D eigenvalue weighted by atomic mass is 79.9. The third-order valence-electron chi connectivity index (χ3n) is 4.77. The van der Waals surface area contributed by atoms with E-state index in [2.05, 4.69) is 51.4 Å². The largest absolute Gasteiger partial charge is 0.358 e. The fraction of sp³-hybridized carbons (Fsp3) is 0.250. The van der Waals surface area contributed by atoms with Gasteiger partial charge in [-0.2, -0.15) is 0 Å². The van der Waals surface area contributed by atoms with Gasteiger partial charge in [-0.25, -0.2) is 0 Å². The van der Waals surface area contributed by atoms with Gasteiger partial charge < -0.3 is 10.3 Å². The number of aryl methyl sites for hydroxylation is 2. The van der Waals surface area contributed by atoms with Gasteiger partial charge in [0.1, 0.15) is 0 Å². The molecule has 1 aliphatic rings. The number of carbonyl (C=O) groups is 1. The molecule has 1 heterocycles. The molecule has 0 spiro atoms. The fourth-order valence-corrected chi connectivity index (χ4v) is 3.95. The van der Waals surface area contributed by atoms with E-state index in [1.54, 1.807) is 0 Å². The normalized spacial score (nSPS) is 16.8. The topological polar surface area (TPSA) is 44.9 Å². The van der Waals surface area contributed by atoms with E-state index in [9.17, 15) is 4.79 Å². The minimum Gasteiger partial charge on any atom is -0.358 e. The number of hydrogen-bond acceptors (Lipinski definition) is 1. The van der Waals surface area contributed by atoms with E-state index in [0.717, 1.165) is 23.7 Å². The number of halogens is 1. The number of nitrogens with one attached hydrogen (secondary N) is 2. The van der Waals surface area contributed by atoms with Crippen molar-refractivity contribution in [2.45, 2.75) is 32.2 Å². The summed E-state index contributed by atoms with van der Waals surface area (Å²) in [5.41, 5.74) is 5.85. The predicted octanol–water partition coefficient (Wildman–Crippen LogP) is 4.53. The van der Waals surface area contributed by atoms with Crippen molar-refractivity contribution in [2.75, 3.05) is 0 Å². The molecule has 1 atom stereocenters. The molecule has 0 radical (unpaired) electrons. The number of aromatic amines is 1. The molecule has 122 valence electrons. The van der Waals surface area contributed by atoms with Crippen LogP contribution in [-0.2, 0) is 12.8 Å². The Morgan fingerprint density at radius 3 is 2.96 bits per heavy atom. The average Bonchev–Trinajstić information content (AvgIpc) is 2.92. The summed E-state index contributed by atoms with van der Waals surface area (Å²) in [6.45, 7) is 2.12. The second kappa shape index (κ2) is 6.10. The first-order valence-corrected chi connectivity index (χ1v) is 9.06. The molecule has 4 heteroatoms. The molecule has 0 fully saturated rings. The van der Waals surface area contributed by atoms with Gasteiger partial charge in [0.2, 0.25) is 0 Å². The van der Waals surface area contributed by atoms with Crippen LogP contribution < -0.4 is 5.32 Å². The Balaban J connectivity index is 1.57. The maximum Gasteiger partial charge on any atom is 0.251 e. The van der Waals surface area contributed by atoms with Crippen molar-refractivity contribution in [2.24, 2.45) is 0 Å². The van der Waals surface area contributed by atoms with Gasteiger partial charge in [0.15, 0.2) is 0 Å². The van der Waals surface area contributed by atoms with E-state index >= 15 is 0 Å². The van der Waals surface area contributed by atoms with Gasteiger partial charge in [-0.05, 0) is 62.1 Å². The second-order valence-electron chi connectivity index (χ2n) is 6.55. The summed E-state index contributed by atoms with van der Waals surface area (Å²) in [7, 11) is 0. The third-order valence-corrected chi connectivity index (χ3v) is 5.26.